The average Bonchev–Trinajstić information content (AvgIpc) is 2.44. The predicted octanol–water partition coefficient (Wildman–Crippen LogP) is 3.08. The first kappa shape index (κ1) is 11.2. The van der Waals surface area contributed by atoms with E-state index in [-0.39, 0.29) is 0 Å². The number of rotatable bonds is 5. The van der Waals surface area contributed by atoms with Gasteiger partial charge in [0.05, 0.1) is 0 Å². The van der Waals surface area contributed by atoms with Crippen molar-refractivity contribution in [3.8, 4) is 0 Å². The summed E-state index contributed by atoms with van der Waals surface area (Å²) in [5, 5.41) is 0. The second-order valence-corrected chi connectivity index (χ2v) is 4.21. The zero-order valence-corrected chi connectivity index (χ0v) is 9.80. The van der Waals surface area contributed by atoms with Crippen molar-refractivity contribution in [3.05, 3.63) is 23.5 Å². The lowest BCUT2D eigenvalue weighted by Gasteiger charge is -2.16. The van der Waals surface area contributed by atoms with Crippen molar-refractivity contribution in [3.63, 3.8) is 0 Å². The van der Waals surface area contributed by atoms with Crippen LogP contribution in [0.1, 0.15) is 38.1 Å². The third kappa shape index (κ3) is 2.79. The summed E-state index contributed by atoms with van der Waals surface area (Å²) in [4.78, 5) is 0. The highest BCUT2D eigenvalue weighted by atomic mass is 15.4. The van der Waals surface area contributed by atoms with E-state index in [1.54, 1.807) is 0 Å². The lowest BCUT2D eigenvalue weighted by atomic mass is 10.1. The summed E-state index contributed by atoms with van der Waals surface area (Å²) in [5.41, 5.74) is 6.03. The van der Waals surface area contributed by atoms with Crippen LogP contribution in [0.25, 0.3) is 0 Å². The van der Waals surface area contributed by atoms with Gasteiger partial charge in [-0.1, -0.05) is 20.3 Å². The fraction of sp³-hybridized carbons (Fsp3) is 0.667. The Balaban J connectivity index is 2.45. The molecule has 1 atom stereocenters. The van der Waals surface area contributed by atoms with Gasteiger partial charge >= 0.3 is 0 Å². The van der Waals surface area contributed by atoms with Crippen molar-refractivity contribution in [1.29, 1.82) is 0 Å². The number of hydrogen-bond acceptors (Lipinski definition) is 1. The Morgan fingerprint density at radius 2 is 1.86 bits per heavy atom. The summed E-state index contributed by atoms with van der Waals surface area (Å²) in [6, 6.07) is 4.29. The minimum atomic E-state index is 0.751. The van der Waals surface area contributed by atoms with E-state index < -0.39 is 0 Å². The maximum atomic E-state index is 3.46. The fourth-order valence-electron chi connectivity index (χ4n) is 1.76. The largest absolute Gasteiger partial charge is 0.326 e. The number of hydrogen-bond donors (Lipinski definition) is 1. The van der Waals surface area contributed by atoms with E-state index in [0.717, 1.165) is 12.5 Å². The van der Waals surface area contributed by atoms with Crippen molar-refractivity contribution in [1.82, 2.24) is 4.68 Å². The van der Waals surface area contributed by atoms with Gasteiger partial charge in [0.1, 0.15) is 0 Å². The second kappa shape index (κ2) is 5.08. The Morgan fingerprint density at radius 3 is 2.36 bits per heavy atom. The summed E-state index contributed by atoms with van der Waals surface area (Å²) in [7, 11) is 0. The van der Waals surface area contributed by atoms with Crippen molar-refractivity contribution in [2.24, 2.45) is 5.92 Å². The minimum absolute atomic E-state index is 0.751. The molecule has 1 aromatic heterocycles. The molecule has 1 rings (SSSR count). The van der Waals surface area contributed by atoms with Crippen molar-refractivity contribution >= 4 is 0 Å². The zero-order chi connectivity index (χ0) is 10.6. The Labute approximate surface area is 87.3 Å². The molecule has 2 nitrogen and oxygen atoms in total. The molecule has 0 aliphatic heterocycles. The predicted molar refractivity (Wildman–Crippen MR) is 62.2 cm³/mol. The van der Waals surface area contributed by atoms with Gasteiger partial charge in [-0.15, -0.1) is 0 Å². The van der Waals surface area contributed by atoms with Crippen LogP contribution in [0.5, 0.6) is 0 Å². The number of nitrogens with one attached hydrogen (secondary N) is 1. The van der Waals surface area contributed by atoms with Crippen LogP contribution < -0.4 is 5.43 Å². The molecule has 0 fully saturated rings. The van der Waals surface area contributed by atoms with Crippen LogP contribution in [0.3, 0.4) is 0 Å². The highest BCUT2D eigenvalue weighted by Crippen LogP contribution is 2.07. The highest BCUT2D eigenvalue weighted by molar-refractivity contribution is 5.15. The molecule has 1 heterocycles. The Morgan fingerprint density at radius 1 is 1.29 bits per heavy atom. The Hall–Kier alpha value is -0.920. The summed E-state index contributed by atoms with van der Waals surface area (Å²) in [5.74, 6) is 0.751. The number of aryl methyl sites for hydroxylation is 2. The monoisotopic (exact) mass is 194 g/mol. The van der Waals surface area contributed by atoms with Gasteiger partial charge in [0.25, 0.3) is 0 Å². The van der Waals surface area contributed by atoms with Gasteiger partial charge in [0, 0.05) is 17.9 Å². The molecule has 14 heavy (non-hydrogen) atoms. The lowest BCUT2D eigenvalue weighted by Crippen LogP contribution is -2.22. The van der Waals surface area contributed by atoms with Crippen LogP contribution in [0.2, 0.25) is 0 Å². The molecule has 2 heteroatoms. The van der Waals surface area contributed by atoms with Gasteiger partial charge in [-0.3, -0.25) is 4.68 Å². The minimum Gasteiger partial charge on any atom is -0.326 e. The average molecular weight is 194 g/mol. The molecule has 0 amide bonds. The molecule has 0 saturated heterocycles. The third-order valence-corrected chi connectivity index (χ3v) is 2.65. The van der Waals surface area contributed by atoms with Crippen LogP contribution >= 0.6 is 0 Å². The first-order chi connectivity index (χ1) is 6.65. The molecule has 0 saturated carbocycles. The SMILES string of the molecule is CCCC(C)CNn1c(C)ccc1C. The first-order valence-electron chi connectivity index (χ1n) is 5.54. The molecule has 1 aromatic rings. The molecule has 0 aromatic carbocycles. The standard InChI is InChI=1S/C12H22N2/c1-5-6-10(2)9-13-14-11(3)7-8-12(14)4/h7-8,10,13H,5-6,9H2,1-4H3. The molecule has 0 radical (unpaired) electrons. The van der Waals surface area contributed by atoms with Gasteiger partial charge in [-0.2, -0.15) is 0 Å². The summed E-state index contributed by atoms with van der Waals surface area (Å²) < 4.78 is 2.17. The third-order valence-electron chi connectivity index (χ3n) is 2.65. The first-order valence-corrected chi connectivity index (χ1v) is 5.54. The summed E-state index contributed by atoms with van der Waals surface area (Å²) in [6.07, 6.45) is 2.57. The summed E-state index contributed by atoms with van der Waals surface area (Å²) >= 11 is 0. The molecule has 0 spiro atoms. The van der Waals surface area contributed by atoms with E-state index in [2.05, 4.69) is 49.9 Å². The van der Waals surface area contributed by atoms with Crippen molar-refractivity contribution in [2.45, 2.75) is 40.5 Å². The molecule has 80 valence electrons. The van der Waals surface area contributed by atoms with Crippen LogP contribution in [0.15, 0.2) is 12.1 Å². The number of aromatic nitrogens is 1. The molecular formula is C12H22N2. The van der Waals surface area contributed by atoms with E-state index in [9.17, 15) is 0 Å². The smallest absolute Gasteiger partial charge is 0.0366 e. The van der Waals surface area contributed by atoms with Crippen LogP contribution in [-0.4, -0.2) is 11.2 Å². The van der Waals surface area contributed by atoms with E-state index in [1.807, 2.05) is 0 Å². The van der Waals surface area contributed by atoms with Gasteiger partial charge in [-0.05, 0) is 38.3 Å². The second-order valence-electron chi connectivity index (χ2n) is 4.21. The molecule has 0 bridgehead atoms. The molecule has 0 aliphatic carbocycles. The van der Waals surface area contributed by atoms with Crippen molar-refractivity contribution in [2.75, 3.05) is 12.0 Å². The fourth-order valence-corrected chi connectivity index (χ4v) is 1.76. The maximum absolute atomic E-state index is 3.46. The quantitative estimate of drug-likeness (QED) is 0.762. The zero-order valence-electron chi connectivity index (χ0n) is 9.80. The van der Waals surface area contributed by atoms with Gasteiger partial charge in [0.15, 0.2) is 0 Å². The van der Waals surface area contributed by atoms with Crippen LogP contribution in [0.4, 0.5) is 0 Å². The Bertz CT molecular complexity index is 256. The van der Waals surface area contributed by atoms with Gasteiger partial charge in [0.2, 0.25) is 0 Å². The lowest BCUT2D eigenvalue weighted by molar-refractivity contribution is 0.527. The number of nitrogens with zero attached hydrogens (tertiary/aromatic N) is 1. The molecule has 1 N–H and O–H groups in total. The summed E-state index contributed by atoms with van der Waals surface area (Å²) in [6.45, 7) is 9.85. The Kier molecular flexibility index (Phi) is 4.05. The highest BCUT2D eigenvalue weighted by Gasteiger charge is 2.03. The molecular weight excluding hydrogens is 172 g/mol. The van der Waals surface area contributed by atoms with E-state index in [0.29, 0.717) is 0 Å². The van der Waals surface area contributed by atoms with E-state index >= 15 is 0 Å². The maximum Gasteiger partial charge on any atom is 0.0366 e. The van der Waals surface area contributed by atoms with Crippen LogP contribution in [-0.2, 0) is 0 Å². The van der Waals surface area contributed by atoms with Crippen LogP contribution in [0, 0.1) is 19.8 Å². The normalized spacial score (nSPS) is 12.9. The topological polar surface area (TPSA) is 17.0 Å². The van der Waals surface area contributed by atoms with Gasteiger partial charge in [-0.25, -0.2) is 0 Å². The van der Waals surface area contributed by atoms with Crippen molar-refractivity contribution < 1.29 is 0 Å². The van der Waals surface area contributed by atoms with E-state index in [1.165, 1.54) is 24.2 Å². The van der Waals surface area contributed by atoms with Gasteiger partial charge < -0.3 is 5.43 Å². The molecule has 1 unspecified atom stereocenters. The van der Waals surface area contributed by atoms with E-state index in [4.69, 9.17) is 0 Å². The molecule has 0 aliphatic rings.